The Hall–Kier alpha value is -1.40. The first-order chi connectivity index (χ1) is 9.08. The van der Waals surface area contributed by atoms with Crippen LogP contribution in [-0.2, 0) is 4.79 Å². The predicted molar refractivity (Wildman–Crippen MR) is 75.4 cm³/mol. The fourth-order valence-electron chi connectivity index (χ4n) is 2.07. The molecule has 1 aliphatic rings. The number of carbonyl (C=O) groups is 2. The third-order valence-electron chi connectivity index (χ3n) is 3.09. The van der Waals surface area contributed by atoms with Gasteiger partial charge in [-0.15, -0.1) is 0 Å². The lowest BCUT2D eigenvalue weighted by Gasteiger charge is -2.22. The van der Waals surface area contributed by atoms with E-state index in [2.05, 4.69) is 26.6 Å². The van der Waals surface area contributed by atoms with Crippen molar-refractivity contribution in [1.29, 1.82) is 0 Å². The molecule has 1 aromatic carbocycles. The normalized spacial score (nSPS) is 18.9. The smallest absolute Gasteiger partial charge is 0.336 e. The number of carbonyl (C=O) groups excluding carboxylic acids is 1. The molecule has 1 unspecified atom stereocenters. The van der Waals surface area contributed by atoms with Crippen molar-refractivity contribution in [2.75, 3.05) is 11.9 Å². The van der Waals surface area contributed by atoms with Gasteiger partial charge in [0.15, 0.2) is 0 Å². The Morgan fingerprint density at radius 1 is 1.37 bits per heavy atom. The Balaban J connectivity index is 2.08. The number of aromatic carboxylic acids is 1. The van der Waals surface area contributed by atoms with E-state index < -0.39 is 5.97 Å². The molecule has 6 heteroatoms. The summed E-state index contributed by atoms with van der Waals surface area (Å²) in [6.45, 7) is 0.846. The van der Waals surface area contributed by atoms with E-state index in [1.54, 1.807) is 12.1 Å². The summed E-state index contributed by atoms with van der Waals surface area (Å²) >= 11 is 3.17. The fourth-order valence-corrected chi connectivity index (χ4v) is 2.49. The van der Waals surface area contributed by atoms with Crippen molar-refractivity contribution in [1.82, 2.24) is 5.32 Å². The average molecular weight is 327 g/mol. The summed E-state index contributed by atoms with van der Waals surface area (Å²) in [5, 5.41) is 14.9. The van der Waals surface area contributed by atoms with E-state index in [4.69, 9.17) is 5.11 Å². The molecule has 1 aromatic rings. The number of anilines is 1. The van der Waals surface area contributed by atoms with Crippen molar-refractivity contribution in [2.45, 2.75) is 25.3 Å². The van der Waals surface area contributed by atoms with E-state index in [9.17, 15) is 9.59 Å². The minimum absolute atomic E-state index is 0.113. The second-order valence-corrected chi connectivity index (χ2v) is 5.35. The summed E-state index contributed by atoms with van der Waals surface area (Å²) in [6, 6.07) is 4.56. The molecule has 102 valence electrons. The molecule has 3 N–H and O–H groups in total. The van der Waals surface area contributed by atoms with E-state index in [1.807, 2.05) is 0 Å². The topological polar surface area (TPSA) is 78.4 Å². The molecule has 0 saturated carbocycles. The molecular formula is C13H15BrN2O3. The Kier molecular flexibility index (Phi) is 4.55. The van der Waals surface area contributed by atoms with Gasteiger partial charge in [-0.3, -0.25) is 4.79 Å². The molecule has 0 aliphatic carbocycles. The average Bonchev–Trinajstić information content (AvgIpc) is 2.41. The van der Waals surface area contributed by atoms with Gasteiger partial charge in [0.05, 0.1) is 11.6 Å². The SMILES string of the molecule is O=C(O)c1cc(NC(=O)C2CCCCN2)ccc1Br. The molecule has 1 fully saturated rings. The summed E-state index contributed by atoms with van der Waals surface area (Å²) in [4.78, 5) is 23.0. The summed E-state index contributed by atoms with van der Waals surface area (Å²) in [6.07, 6.45) is 2.94. The van der Waals surface area contributed by atoms with Crippen LogP contribution in [0.3, 0.4) is 0 Å². The van der Waals surface area contributed by atoms with Crippen molar-refractivity contribution in [2.24, 2.45) is 0 Å². The van der Waals surface area contributed by atoms with Gasteiger partial charge in [0.2, 0.25) is 5.91 Å². The van der Waals surface area contributed by atoms with Crippen molar-refractivity contribution < 1.29 is 14.7 Å². The van der Waals surface area contributed by atoms with Crippen LogP contribution in [-0.4, -0.2) is 29.6 Å². The first-order valence-corrected chi connectivity index (χ1v) is 6.94. The molecule has 1 amide bonds. The minimum Gasteiger partial charge on any atom is -0.478 e. The first kappa shape index (κ1) is 14.0. The second kappa shape index (κ2) is 6.16. The molecule has 0 aromatic heterocycles. The molecule has 1 saturated heterocycles. The number of piperidine rings is 1. The van der Waals surface area contributed by atoms with E-state index in [0.717, 1.165) is 25.8 Å². The van der Waals surface area contributed by atoms with Crippen LogP contribution in [0.5, 0.6) is 0 Å². The maximum atomic E-state index is 12.0. The number of halogens is 1. The molecule has 1 atom stereocenters. The van der Waals surface area contributed by atoms with Gasteiger partial charge in [0.1, 0.15) is 0 Å². The number of amides is 1. The van der Waals surface area contributed by atoms with Gasteiger partial charge in [0, 0.05) is 10.2 Å². The van der Waals surface area contributed by atoms with Crippen molar-refractivity contribution in [3.05, 3.63) is 28.2 Å². The van der Waals surface area contributed by atoms with Gasteiger partial charge in [-0.25, -0.2) is 4.79 Å². The number of hydrogen-bond acceptors (Lipinski definition) is 3. The zero-order chi connectivity index (χ0) is 13.8. The lowest BCUT2D eigenvalue weighted by Crippen LogP contribution is -2.43. The van der Waals surface area contributed by atoms with Crippen LogP contribution >= 0.6 is 15.9 Å². The molecule has 5 nitrogen and oxygen atoms in total. The van der Waals surface area contributed by atoms with Crippen LogP contribution in [0.1, 0.15) is 29.6 Å². The van der Waals surface area contributed by atoms with E-state index >= 15 is 0 Å². The number of hydrogen-bond donors (Lipinski definition) is 3. The number of carboxylic acids is 1. The van der Waals surface area contributed by atoms with Crippen LogP contribution in [0.2, 0.25) is 0 Å². The van der Waals surface area contributed by atoms with Crippen LogP contribution in [0.4, 0.5) is 5.69 Å². The van der Waals surface area contributed by atoms with E-state index in [-0.39, 0.29) is 17.5 Å². The number of nitrogens with one attached hydrogen (secondary N) is 2. The Morgan fingerprint density at radius 2 is 2.16 bits per heavy atom. The van der Waals surface area contributed by atoms with Crippen LogP contribution in [0, 0.1) is 0 Å². The van der Waals surface area contributed by atoms with Gasteiger partial charge >= 0.3 is 5.97 Å². The van der Waals surface area contributed by atoms with Gasteiger partial charge in [-0.05, 0) is 53.5 Å². The van der Waals surface area contributed by atoms with Crippen LogP contribution in [0.15, 0.2) is 22.7 Å². The van der Waals surface area contributed by atoms with Gasteiger partial charge in [-0.2, -0.15) is 0 Å². The molecular weight excluding hydrogens is 312 g/mol. The number of carboxylic acid groups (broad SMARTS) is 1. The highest BCUT2D eigenvalue weighted by Crippen LogP contribution is 2.21. The maximum Gasteiger partial charge on any atom is 0.336 e. The quantitative estimate of drug-likeness (QED) is 0.795. The number of benzene rings is 1. The van der Waals surface area contributed by atoms with Crippen LogP contribution < -0.4 is 10.6 Å². The third kappa shape index (κ3) is 3.54. The highest BCUT2D eigenvalue weighted by molar-refractivity contribution is 9.10. The lowest BCUT2D eigenvalue weighted by molar-refractivity contribution is -0.118. The standard InChI is InChI=1S/C13H15BrN2O3/c14-10-5-4-8(7-9(10)13(18)19)16-12(17)11-3-1-2-6-15-11/h4-5,7,11,15H,1-3,6H2,(H,16,17)(H,18,19). The molecule has 0 spiro atoms. The highest BCUT2D eigenvalue weighted by atomic mass is 79.9. The van der Waals surface area contributed by atoms with Crippen molar-refractivity contribution in [3.63, 3.8) is 0 Å². The zero-order valence-corrected chi connectivity index (χ0v) is 11.9. The Labute approximate surface area is 119 Å². The van der Waals surface area contributed by atoms with E-state index in [0.29, 0.717) is 10.2 Å². The molecule has 1 heterocycles. The Bertz CT molecular complexity index is 499. The van der Waals surface area contributed by atoms with Crippen molar-refractivity contribution >= 4 is 33.5 Å². The van der Waals surface area contributed by atoms with Gasteiger partial charge < -0.3 is 15.7 Å². The third-order valence-corrected chi connectivity index (χ3v) is 3.78. The van der Waals surface area contributed by atoms with E-state index in [1.165, 1.54) is 6.07 Å². The van der Waals surface area contributed by atoms with Gasteiger partial charge in [-0.1, -0.05) is 6.42 Å². The maximum absolute atomic E-state index is 12.0. The molecule has 2 rings (SSSR count). The highest BCUT2D eigenvalue weighted by Gasteiger charge is 2.20. The first-order valence-electron chi connectivity index (χ1n) is 6.15. The zero-order valence-electron chi connectivity index (χ0n) is 10.3. The second-order valence-electron chi connectivity index (χ2n) is 4.49. The van der Waals surface area contributed by atoms with Crippen LogP contribution in [0.25, 0.3) is 0 Å². The minimum atomic E-state index is -1.03. The number of rotatable bonds is 3. The van der Waals surface area contributed by atoms with Gasteiger partial charge in [0.25, 0.3) is 0 Å². The summed E-state index contributed by atoms with van der Waals surface area (Å²) in [7, 11) is 0. The Morgan fingerprint density at radius 3 is 2.79 bits per heavy atom. The summed E-state index contributed by atoms with van der Waals surface area (Å²) in [5.74, 6) is -1.14. The summed E-state index contributed by atoms with van der Waals surface area (Å²) in [5.41, 5.74) is 0.632. The summed E-state index contributed by atoms with van der Waals surface area (Å²) < 4.78 is 0.494. The largest absolute Gasteiger partial charge is 0.478 e. The van der Waals surface area contributed by atoms with Crippen molar-refractivity contribution in [3.8, 4) is 0 Å². The predicted octanol–water partition coefficient (Wildman–Crippen LogP) is 2.23. The molecule has 0 radical (unpaired) electrons. The molecule has 19 heavy (non-hydrogen) atoms. The molecule has 1 aliphatic heterocycles. The lowest BCUT2D eigenvalue weighted by atomic mass is 10.0. The monoisotopic (exact) mass is 326 g/mol. The fraction of sp³-hybridized carbons (Fsp3) is 0.385. The molecule has 0 bridgehead atoms.